The van der Waals surface area contributed by atoms with Crippen LogP contribution in [0.1, 0.15) is 46.5 Å². The van der Waals surface area contributed by atoms with Crippen molar-refractivity contribution in [2.75, 3.05) is 7.05 Å². The molecule has 0 aromatic heterocycles. The molecule has 14 heavy (non-hydrogen) atoms. The predicted molar refractivity (Wildman–Crippen MR) is 63.0 cm³/mol. The topological polar surface area (TPSA) is 29.1 Å². The van der Waals surface area contributed by atoms with Crippen LogP contribution in [0.5, 0.6) is 0 Å². The highest BCUT2D eigenvalue weighted by molar-refractivity contribution is 7.87. The summed E-state index contributed by atoms with van der Waals surface area (Å²) in [5.41, 5.74) is 0. The highest BCUT2D eigenvalue weighted by Crippen LogP contribution is 2.27. The molecule has 0 radical (unpaired) electrons. The molecule has 0 saturated heterocycles. The van der Waals surface area contributed by atoms with Gasteiger partial charge in [-0.1, -0.05) is 6.42 Å². The van der Waals surface area contributed by atoms with E-state index in [0.29, 0.717) is 11.3 Å². The van der Waals surface area contributed by atoms with Gasteiger partial charge in [0.1, 0.15) is 0 Å². The molecule has 2 nitrogen and oxygen atoms in total. The summed E-state index contributed by atoms with van der Waals surface area (Å²) < 4.78 is 12.1. The lowest BCUT2D eigenvalue weighted by atomic mass is 9.95. The Hall–Kier alpha value is 0.110. The average molecular weight is 217 g/mol. The maximum atomic E-state index is 12.2. The highest BCUT2D eigenvalue weighted by atomic mass is 32.2. The van der Waals surface area contributed by atoms with Crippen LogP contribution in [0, 0.1) is 0 Å². The van der Waals surface area contributed by atoms with Crippen molar-refractivity contribution in [1.82, 2.24) is 5.32 Å². The molecule has 3 heteroatoms. The van der Waals surface area contributed by atoms with Crippen molar-refractivity contribution < 1.29 is 4.21 Å². The molecule has 0 bridgehead atoms. The first-order valence-electron chi connectivity index (χ1n) is 5.53. The summed E-state index contributed by atoms with van der Waals surface area (Å²) in [7, 11) is 1.32. The van der Waals surface area contributed by atoms with Crippen molar-refractivity contribution in [3.63, 3.8) is 0 Å². The molecule has 0 aliphatic heterocycles. The minimum atomic E-state index is -0.686. The minimum Gasteiger partial charge on any atom is -0.317 e. The number of rotatable bonds is 2. The van der Waals surface area contributed by atoms with E-state index >= 15 is 0 Å². The fraction of sp³-hybridized carbons (Fsp3) is 1.00. The molecule has 84 valence electrons. The first kappa shape index (κ1) is 12.2. The van der Waals surface area contributed by atoms with Gasteiger partial charge in [0.15, 0.2) is 0 Å². The quantitative estimate of drug-likeness (QED) is 0.767. The van der Waals surface area contributed by atoms with Gasteiger partial charge in [-0.25, -0.2) is 0 Å². The molecular formula is C11H23NOS. The average Bonchev–Trinajstić information content (AvgIpc) is 2.15. The van der Waals surface area contributed by atoms with Gasteiger partial charge in [0.2, 0.25) is 0 Å². The van der Waals surface area contributed by atoms with Crippen LogP contribution in [-0.4, -0.2) is 27.3 Å². The molecule has 1 fully saturated rings. The molecule has 0 aromatic rings. The lowest BCUT2D eigenvalue weighted by Gasteiger charge is -2.32. The molecule has 1 aliphatic rings. The zero-order valence-corrected chi connectivity index (χ0v) is 10.6. The summed E-state index contributed by atoms with van der Waals surface area (Å²) in [6, 6.07) is 0.583. The van der Waals surface area contributed by atoms with Crippen LogP contribution in [-0.2, 0) is 10.8 Å². The minimum absolute atomic E-state index is 0.0553. The third-order valence-corrected chi connectivity index (χ3v) is 5.18. The third kappa shape index (κ3) is 3.06. The lowest BCUT2D eigenvalue weighted by molar-refractivity contribution is 0.395. The molecule has 0 aromatic carbocycles. The van der Waals surface area contributed by atoms with Gasteiger partial charge >= 0.3 is 0 Å². The van der Waals surface area contributed by atoms with E-state index in [9.17, 15) is 4.21 Å². The van der Waals surface area contributed by atoms with Gasteiger partial charge in [0.25, 0.3) is 0 Å². The smallest absolute Gasteiger partial charge is 0.0377 e. The largest absolute Gasteiger partial charge is 0.317 e. The van der Waals surface area contributed by atoms with Gasteiger partial charge in [-0.2, -0.15) is 0 Å². The van der Waals surface area contributed by atoms with E-state index in [4.69, 9.17) is 0 Å². The van der Waals surface area contributed by atoms with Crippen molar-refractivity contribution in [3.8, 4) is 0 Å². The van der Waals surface area contributed by atoms with Gasteiger partial charge in [-0.3, -0.25) is 4.21 Å². The summed E-state index contributed by atoms with van der Waals surface area (Å²) in [6.07, 6.45) is 4.69. The van der Waals surface area contributed by atoms with E-state index in [0.717, 1.165) is 12.8 Å². The summed E-state index contributed by atoms with van der Waals surface area (Å²) in [6.45, 7) is 6.23. The van der Waals surface area contributed by atoms with E-state index in [2.05, 4.69) is 26.1 Å². The normalized spacial score (nSPS) is 31.4. The van der Waals surface area contributed by atoms with Crippen LogP contribution in [0.25, 0.3) is 0 Å². The SMILES string of the molecule is CNC1CCCC(S(=O)C(C)(C)C)C1. The van der Waals surface area contributed by atoms with E-state index in [-0.39, 0.29) is 4.75 Å². The second kappa shape index (κ2) is 4.75. The van der Waals surface area contributed by atoms with Crippen molar-refractivity contribution in [2.24, 2.45) is 0 Å². The Morgan fingerprint density at radius 2 is 1.93 bits per heavy atom. The van der Waals surface area contributed by atoms with Crippen LogP contribution in [0.3, 0.4) is 0 Å². The van der Waals surface area contributed by atoms with Crippen LogP contribution in [0.2, 0.25) is 0 Å². The zero-order valence-electron chi connectivity index (χ0n) is 9.80. The van der Waals surface area contributed by atoms with Gasteiger partial charge in [-0.15, -0.1) is 0 Å². The van der Waals surface area contributed by atoms with E-state index < -0.39 is 10.8 Å². The first-order chi connectivity index (χ1) is 6.45. The Morgan fingerprint density at radius 1 is 1.29 bits per heavy atom. The number of hydrogen-bond donors (Lipinski definition) is 1. The Morgan fingerprint density at radius 3 is 2.43 bits per heavy atom. The third-order valence-electron chi connectivity index (χ3n) is 2.94. The number of hydrogen-bond acceptors (Lipinski definition) is 2. The van der Waals surface area contributed by atoms with Gasteiger partial charge < -0.3 is 5.32 Å². The second-order valence-corrected chi connectivity index (χ2v) is 7.67. The molecule has 0 amide bonds. The predicted octanol–water partition coefficient (Wildman–Crippen LogP) is 2.06. The van der Waals surface area contributed by atoms with Crippen molar-refractivity contribution in [2.45, 2.75) is 62.5 Å². The van der Waals surface area contributed by atoms with Gasteiger partial charge in [0, 0.05) is 26.8 Å². The zero-order chi connectivity index (χ0) is 10.8. The first-order valence-corrected chi connectivity index (χ1v) is 6.74. The summed E-state index contributed by atoms with van der Waals surface area (Å²) in [5.74, 6) is 0. The number of nitrogens with one attached hydrogen (secondary N) is 1. The molecule has 1 N–H and O–H groups in total. The van der Waals surface area contributed by atoms with Crippen molar-refractivity contribution >= 4 is 10.8 Å². The van der Waals surface area contributed by atoms with E-state index in [1.807, 2.05) is 7.05 Å². The fourth-order valence-electron chi connectivity index (χ4n) is 2.10. The van der Waals surface area contributed by atoms with Gasteiger partial charge in [-0.05, 0) is 47.1 Å². The molecule has 1 saturated carbocycles. The van der Waals surface area contributed by atoms with Crippen LogP contribution in [0.4, 0.5) is 0 Å². The maximum absolute atomic E-state index is 12.2. The Labute approximate surface area is 90.3 Å². The molecule has 3 unspecified atom stereocenters. The lowest BCUT2D eigenvalue weighted by Crippen LogP contribution is -2.40. The maximum Gasteiger partial charge on any atom is 0.0377 e. The molecule has 0 spiro atoms. The van der Waals surface area contributed by atoms with Gasteiger partial charge in [0.05, 0.1) is 0 Å². The monoisotopic (exact) mass is 217 g/mol. The summed E-state index contributed by atoms with van der Waals surface area (Å²) in [4.78, 5) is 0. The molecule has 1 aliphatic carbocycles. The highest BCUT2D eigenvalue weighted by Gasteiger charge is 2.31. The Kier molecular flexibility index (Phi) is 4.14. The molecule has 1 rings (SSSR count). The second-order valence-electron chi connectivity index (χ2n) is 5.18. The molecule has 3 atom stereocenters. The Bertz CT molecular complexity index is 210. The van der Waals surface area contributed by atoms with E-state index in [1.54, 1.807) is 0 Å². The van der Waals surface area contributed by atoms with Crippen LogP contribution in [0.15, 0.2) is 0 Å². The summed E-state index contributed by atoms with van der Waals surface area (Å²) >= 11 is 0. The van der Waals surface area contributed by atoms with Crippen LogP contribution < -0.4 is 5.32 Å². The van der Waals surface area contributed by atoms with Crippen molar-refractivity contribution in [1.29, 1.82) is 0 Å². The van der Waals surface area contributed by atoms with Crippen LogP contribution >= 0.6 is 0 Å². The molecular weight excluding hydrogens is 194 g/mol. The van der Waals surface area contributed by atoms with Crippen molar-refractivity contribution in [3.05, 3.63) is 0 Å². The molecule has 0 heterocycles. The summed E-state index contributed by atoms with van der Waals surface area (Å²) in [5, 5.41) is 3.71. The standard InChI is InChI=1S/C11H23NOS/c1-11(2,3)14(13)10-7-5-6-9(8-10)12-4/h9-10,12H,5-8H2,1-4H3. The van der Waals surface area contributed by atoms with E-state index in [1.165, 1.54) is 12.8 Å². The Balaban J connectivity index is 2.56. The fourth-order valence-corrected chi connectivity index (χ4v) is 3.89.